The van der Waals surface area contributed by atoms with Crippen molar-refractivity contribution < 1.29 is 13.6 Å². The summed E-state index contributed by atoms with van der Waals surface area (Å²) >= 11 is 5.75. The first kappa shape index (κ1) is 20.1. The highest BCUT2D eigenvalue weighted by atomic mass is 35.5. The van der Waals surface area contributed by atoms with Gasteiger partial charge in [0.1, 0.15) is 11.7 Å². The number of nitrogens with zero attached hydrogens (tertiary/aromatic N) is 6. The fourth-order valence-corrected chi connectivity index (χ4v) is 3.59. The number of aryl methyl sites for hydroxylation is 1. The number of para-hydroxylation sites is 1. The van der Waals surface area contributed by atoms with E-state index in [9.17, 15) is 13.6 Å². The Balaban J connectivity index is 1.61. The Morgan fingerprint density at radius 3 is 2.67 bits per heavy atom. The molecule has 1 aliphatic heterocycles. The summed E-state index contributed by atoms with van der Waals surface area (Å²) in [7, 11) is 0. The maximum absolute atomic E-state index is 14.6. The van der Waals surface area contributed by atoms with E-state index in [0.29, 0.717) is 10.7 Å². The molecule has 156 valence electrons. The summed E-state index contributed by atoms with van der Waals surface area (Å²) in [6.07, 6.45) is 5.28. The third-order valence-electron chi connectivity index (χ3n) is 4.97. The molecule has 1 amide bonds. The highest BCUT2D eigenvalue weighted by Crippen LogP contribution is 2.35. The van der Waals surface area contributed by atoms with Crippen molar-refractivity contribution >= 4 is 23.5 Å². The zero-order chi connectivity index (χ0) is 21.3. The van der Waals surface area contributed by atoms with Crippen LogP contribution in [0.25, 0.3) is 5.69 Å². The largest absolute Gasteiger partial charge is 0.352 e. The third kappa shape index (κ3) is 3.82. The molecule has 1 N–H and O–H groups in total. The number of likely N-dealkylation sites (tertiary alicyclic amines) is 1. The maximum Gasteiger partial charge on any atom is 0.271 e. The van der Waals surface area contributed by atoms with E-state index in [-0.39, 0.29) is 24.6 Å². The van der Waals surface area contributed by atoms with E-state index < -0.39 is 24.3 Å². The van der Waals surface area contributed by atoms with Crippen molar-refractivity contribution in [2.45, 2.75) is 25.3 Å². The van der Waals surface area contributed by atoms with Gasteiger partial charge in [0.2, 0.25) is 5.95 Å². The van der Waals surface area contributed by atoms with E-state index in [4.69, 9.17) is 11.6 Å². The lowest BCUT2D eigenvalue weighted by Gasteiger charge is -2.28. The Labute approximate surface area is 175 Å². The number of carbonyl (C=O) groups is 1. The Bertz CT molecular complexity index is 1040. The quantitative estimate of drug-likeness (QED) is 0.665. The van der Waals surface area contributed by atoms with Gasteiger partial charge in [-0.05, 0) is 18.6 Å². The summed E-state index contributed by atoms with van der Waals surface area (Å²) in [6.45, 7) is 1.53. The van der Waals surface area contributed by atoms with Gasteiger partial charge in [-0.1, -0.05) is 23.7 Å². The number of amides is 1. The maximum atomic E-state index is 14.6. The summed E-state index contributed by atoms with van der Waals surface area (Å²) < 4.78 is 29.3. The number of hydrogen-bond acceptors (Lipinski definition) is 6. The standard InChI is InChI=1S/C19H18ClF2N7O/c1-12-3-2-4-14(16(12)29-26-6-7-27-29)17(30)28-8-5-19(21,22)15(28)11-25-18-23-9-13(20)10-24-18/h2-4,6-7,9-10,15H,5,8,11H2,1H3,(H,23,24,25). The van der Waals surface area contributed by atoms with Crippen LogP contribution in [0.5, 0.6) is 0 Å². The van der Waals surface area contributed by atoms with Gasteiger partial charge in [0, 0.05) is 19.5 Å². The first-order valence-electron chi connectivity index (χ1n) is 9.23. The fraction of sp³-hybridized carbons (Fsp3) is 0.316. The average molecular weight is 434 g/mol. The van der Waals surface area contributed by atoms with Gasteiger partial charge >= 0.3 is 0 Å². The van der Waals surface area contributed by atoms with Crippen LogP contribution in [0.15, 0.2) is 43.0 Å². The number of rotatable bonds is 5. The Kier molecular flexibility index (Phi) is 5.33. The van der Waals surface area contributed by atoms with Gasteiger partial charge in [0.05, 0.1) is 35.4 Å². The van der Waals surface area contributed by atoms with Crippen LogP contribution >= 0.6 is 11.6 Å². The van der Waals surface area contributed by atoms with Gasteiger partial charge in [-0.2, -0.15) is 15.0 Å². The smallest absolute Gasteiger partial charge is 0.271 e. The Hall–Kier alpha value is -3.14. The number of anilines is 1. The first-order valence-corrected chi connectivity index (χ1v) is 9.61. The second-order valence-corrected chi connectivity index (χ2v) is 7.36. The predicted molar refractivity (Wildman–Crippen MR) is 106 cm³/mol. The van der Waals surface area contributed by atoms with E-state index >= 15 is 0 Å². The monoisotopic (exact) mass is 433 g/mol. The summed E-state index contributed by atoms with van der Waals surface area (Å²) in [6, 6.07) is 3.75. The molecule has 0 aliphatic carbocycles. The molecule has 0 saturated carbocycles. The predicted octanol–water partition coefficient (Wildman–Crippen LogP) is 2.98. The van der Waals surface area contributed by atoms with Crippen LogP contribution in [0.3, 0.4) is 0 Å². The van der Waals surface area contributed by atoms with Crippen LogP contribution in [0.1, 0.15) is 22.3 Å². The molecular formula is C19H18ClF2N7O. The van der Waals surface area contributed by atoms with E-state index in [2.05, 4.69) is 25.5 Å². The van der Waals surface area contributed by atoms with Gasteiger partial charge in [0.25, 0.3) is 11.8 Å². The Morgan fingerprint density at radius 1 is 1.27 bits per heavy atom. The van der Waals surface area contributed by atoms with Gasteiger partial charge in [-0.25, -0.2) is 18.7 Å². The van der Waals surface area contributed by atoms with Crippen molar-refractivity contribution in [3.63, 3.8) is 0 Å². The number of alkyl halides is 2. The molecule has 0 radical (unpaired) electrons. The molecule has 8 nitrogen and oxygen atoms in total. The second-order valence-electron chi connectivity index (χ2n) is 6.92. The zero-order valence-corrected chi connectivity index (χ0v) is 16.7. The molecule has 3 aromatic rings. The summed E-state index contributed by atoms with van der Waals surface area (Å²) in [5.74, 6) is -3.40. The number of hydrogen-bond donors (Lipinski definition) is 1. The minimum Gasteiger partial charge on any atom is -0.352 e. The van der Waals surface area contributed by atoms with E-state index in [0.717, 1.165) is 5.56 Å². The number of carbonyl (C=O) groups excluding carboxylic acids is 1. The molecule has 4 rings (SSSR count). The van der Waals surface area contributed by atoms with Crippen LogP contribution in [0.4, 0.5) is 14.7 Å². The average Bonchev–Trinajstić information content (AvgIpc) is 3.34. The molecule has 1 atom stereocenters. The molecule has 30 heavy (non-hydrogen) atoms. The van der Waals surface area contributed by atoms with E-state index in [1.54, 1.807) is 12.1 Å². The molecular weight excluding hydrogens is 416 g/mol. The van der Waals surface area contributed by atoms with Crippen LogP contribution < -0.4 is 5.32 Å². The zero-order valence-electron chi connectivity index (χ0n) is 16.0. The van der Waals surface area contributed by atoms with E-state index in [1.807, 2.05) is 13.0 Å². The summed E-state index contributed by atoms with van der Waals surface area (Å²) in [5.41, 5.74) is 1.49. The normalized spacial score (nSPS) is 17.9. The Morgan fingerprint density at radius 2 is 1.97 bits per heavy atom. The molecule has 11 heteroatoms. The second kappa shape index (κ2) is 7.94. The van der Waals surface area contributed by atoms with E-state index in [1.165, 1.54) is 34.5 Å². The topological polar surface area (TPSA) is 88.8 Å². The van der Waals surface area contributed by atoms with Crippen molar-refractivity contribution in [1.29, 1.82) is 0 Å². The van der Waals surface area contributed by atoms with Crippen LogP contribution in [0, 0.1) is 6.92 Å². The molecule has 3 heterocycles. The number of aromatic nitrogens is 5. The first-order chi connectivity index (χ1) is 14.4. The van der Waals surface area contributed by atoms with Crippen LogP contribution in [-0.2, 0) is 0 Å². The van der Waals surface area contributed by atoms with Crippen molar-refractivity contribution in [3.05, 3.63) is 59.1 Å². The molecule has 1 saturated heterocycles. The summed E-state index contributed by atoms with van der Waals surface area (Å²) in [4.78, 5) is 23.7. The third-order valence-corrected chi connectivity index (χ3v) is 5.17. The van der Waals surface area contributed by atoms with Crippen molar-refractivity contribution in [3.8, 4) is 5.69 Å². The number of halogens is 3. The lowest BCUT2D eigenvalue weighted by Crippen LogP contribution is -2.47. The highest BCUT2D eigenvalue weighted by Gasteiger charge is 2.51. The lowest BCUT2D eigenvalue weighted by atomic mass is 10.1. The molecule has 0 bridgehead atoms. The van der Waals surface area contributed by atoms with Gasteiger partial charge in [-0.3, -0.25) is 4.79 Å². The van der Waals surface area contributed by atoms with Gasteiger partial charge in [-0.15, -0.1) is 0 Å². The number of benzene rings is 1. The van der Waals surface area contributed by atoms with Gasteiger partial charge in [0.15, 0.2) is 0 Å². The van der Waals surface area contributed by atoms with Gasteiger partial charge < -0.3 is 10.2 Å². The highest BCUT2D eigenvalue weighted by molar-refractivity contribution is 6.30. The fourth-order valence-electron chi connectivity index (χ4n) is 3.50. The molecule has 0 spiro atoms. The molecule has 1 aromatic carbocycles. The molecule has 1 aliphatic rings. The van der Waals surface area contributed by atoms with Crippen molar-refractivity contribution in [2.24, 2.45) is 0 Å². The molecule has 2 aromatic heterocycles. The minimum atomic E-state index is -3.05. The number of nitrogens with one attached hydrogen (secondary N) is 1. The van der Waals surface area contributed by atoms with Crippen molar-refractivity contribution in [1.82, 2.24) is 29.9 Å². The SMILES string of the molecule is Cc1cccc(C(=O)N2CCC(F)(F)C2CNc2ncc(Cl)cn2)c1-n1nccn1. The minimum absolute atomic E-state index is 0.0699. The van der Waals surface area contributed by atoms with Crippen LogP contribution in [-0.4, -0.2) is 60.8 Å². The lowest BCUT2D eigenvalue weighted by molar-refractivity contribution is -0.0249. The summed E-state index contributed by atoms with van der Waals surface area (Å²) in [5, 5.41) is 11.3. The van der Waals surface area contributed by atoms with Crippen LogP contribution in [0.2, 0.25) is 5.02 Å². The van der Waals surface area contributed by atoms with Crippen molar-refractivity contribution in [2.75, 3.05) is 18.4 Å². The molecule has 1 fully saturated rings. The molecule has 1 unspecified atom stereocenters.